The Bertz CT molecular complexity index is 394. The second-order valence-electron chi connectivity index (χ2n) is 7.07. The summed E-state index contributed by atoms with van der Waals surface area (Å²) in [5, 5.41) is 0. The van der Waals surface area contributed by atoms with Gasteiger partial charge < -0.3 is 11.5 Å². The molecule has 19 heavy (non-hydrogen) atoms. The van der Waals surface area contributed by atoms with Crippen LogP contribution >= 0.6 is 0 Å². The van der Waals surface area contributed by atoms with Crippen LogP contribution in [0.25, 0.3) is 0 Å². The molecule has 1 aliphatic rings. The Morgan fingerprint density at radius 1 is 1.00 bits per heavy atom. The summed E-state index contributed by atoms with van der Waals surface area (Å²) in [5.41, 5.74) is 15.2. The molecule has 1 aliphatic carbocycles. The molecule has 2 heteroatoms. The summed E-state index contributed by atoms with van der Waals surface area (Å²) in [6, 6.07) is 9.43. The Morgan fingerprint density at radius 2 is 1.53 bits per heavy atom. The van der Waals surface area contributed by atoms with Gasteiger partial charge in [0.1, 0.15) is 0 Å². The third-order valence-electron chi connectivity index (χ3n) is 4.49. The van der Waals surface area contributed by atoms with Crippen LogP contribution in [-0.2, 0) is 5.41 Å². The Hall–Kier alpha value is -0.860. The lowest BCUT2D eigenvalue weighted by molar-refractivity contribution is 0.285. The molecule has 0 aliphatic heterocycles. The van der Waals surface area contributed by atoms with Crippen LogP contribution in [0.4, 0.5) is 0 Å². The molecule has 0 radical (unpaired) electrons. The zero-order valence-electron chi connectivity index (χ0n) is 12.5. The standard InChI is InChI=1S/C17H28N2/c1-17(2,3)14-8-4-12(5-9-14)16(19)13-6-10-15(18)11-7-13/h4-5,8-9,13,15-16H,6-7,10-11,18-19H2,1-3H3. The summed E-state index contributed by atoms with van der Waals surface area (Å²) in [4.78, 5) is 0. The zero-order chi connectivity index (χ0) is 14.0. The molecule has 1 saturated carbocycles. The van der Waals surface area contributed by atoms with Crippen LogP contribution in [0.15, 0.2) is 24.3 Å². The van der Waals surface area contributed by atoms with Gasteiger partial charge in [0.05, 0.1) is 0 Å². The van der Waals surface area contributed by atoms with Gasteiger partial charge in [0, 0.05) is 12.1 Å². The summed E-state index contributed by atoms with van der Waals surface area (Å²) in [6.45, 7) is 6.72. The first kappa shape index (κ1) is 14.5. The van der Waals surface area contributed by atoms with E-state index in [9.17, 15) is 0 Å². The smallest absolute Gasteiger partial charge is 0.0323 e. The molecular weight excluding hydrogens is 232 g/mol. The molecule has 0 bridgehead atoms. The van der Waals surface area contributed by atoms with Crippen molar-refractivity contribution < 1.29 is 0 Å². The molecule has 106 valence electrons. The van der Waals surface area contributed by atoms with Gasteiger partial charge in [0.2, 0.25) is 0 Å². The SMILES string of the molecule is CC(C)(C)c1ccc(C(N)C2CCC(N)CC2)cc1. The van der Waals surface area contributed by atoms with Gasteiger partial charge in [-0.3, -0.25) is 0 Å². The average molecular weight is 260 g/mol. The van der Waals surface area contributed by atoms with E-state index in [0.29, 0.717) is 12.0 Å². The molecule has 0 heterocycles. The number of rotatable bonds is 2. The highest BCUT2D eigenvalue weighted by molar-refractivity contribution is 5.29. The number of benzene rings is 1. The van der Waals surface area contributed by atoms with Crippen molar-refractivity contribution in [1.29, 1.82) is 0 Å². The molecule has 1 aromatic rings. The predicted molar refractivity (Wildman–Crippen MR) is 82.0 cm³/mol. The van der Waals surface area contributed by atoms with E-state index >= 15 is 0 Å². The van der Waals surface area contributed by atoms with E-state index in [4.69, 9.17) is 11.5 Å². The molecule has 0 saturated heterocycles. The fourth-order valence-electron chi connectivity index (χ4n) is 2.98. The molecule has 2 rings (SSSR count). The van der Waals surface area contributed by atoms with Crippen LogP contribution in [0.3, 0.4) is 0 Å². The van der Waals surface area contributed by atoms with Crippen molar-refractivity contribution in [2.24, 2.45) is 17.4 Å². The molecular formula is C17H28N2. The van der Waals surface area contributed by atoms with Gasteiger partial charge in [-0.15, -0.1) is 0 Å². The minimum absolute atomic E-state index is 0.168. The highest BCUT2D eigenvalue weighted by atomic mass is 14.7. The Balaban J connectivity index is 2.05. The lowest BCUT2D eigenvalue weighted by atomic mass is 9.79. The van der Waals surface area contributed by atoms with Crippen molar-refractivity contribution in [3.8, 4) is 0 Å². The molecule has 1 fully saturated rings. The van der Waals surface area contributed by atoms with Crippen LogP contribution < -0.4 is 11.5 Å². The largest absolute Gasteiger partial charge is 0.328 e. The fraction of sp³-hybridized carbons (Fsp3) is 0.647. The van der Waals surface area contributed by atoms with Crippen molar-refractivity contribution >= 4 is 0 Å². The van der Waals surface area contributed by atoms with E-state index < -0.39 is 0 Å². The highest BCUT2D eigenvalue weighted by Gasteiger charge is 2.25. The average Bonchev–Trinajstić information content (AvgIpc) is 2.38. The summed E-state index contributed by atoms with van der Waals surface area (Å²) in [5.74, 6) is 0.597. The predicted octanol–water partition coefficient (Wildman–Crippen LogP) is 3.50. The Morgan fingerprint density at radius 3 is 2.00 bits per heavy atom. The van der Waals surface area contributed by atoms with Crippen molar-refractivity contribution in [1.82, 2.24) is 0 Å². The van der Waals surface area contributed by atoms with Crippen LogP contribution in [0.2, 0.25) is 0 Å². The van der Waals surface area contributed by atoms with Crippen LogP contribution in [0.1, 0.15) is 63.6 Å². The van der Waals surface area contributed by atoms with Gasteiger partial charge >= 0.3 is 0 Å². The number of hydrogen-bond donors (Lipinski definition) is 2. The highest BCUT2D eigenvalue weighted by Crippen LogP contribution is 2.33. The second-order valence-corrected chi connectivity index (χ2v) is 7.07. The molecule has 2 nitrogen and oxygen atoms in total. The second kappa shape index (κ2) is 5.64. The molecule has 0 aromatic heterocycles. The third kappa shape index (κ3) is 3.58. The lowest BCUT2D eigenvalue weighted by Crippen LogP contribution is -2.31. The van der Waals surface area contributed by atoms with E-state index in [-0.39, 0.29) is 11.5 Å². The van der Waals surface area contributed by atoms with E-state index in [1.54, 1.807) is 0 Å². The maximum Gasteiger partial charge on any atom is 0.0323 e. The first-order chi connectivity index (χ1) is 8.88. The zero-order valence-corrected chi connectivity index (χ0v) is 12.5. The van der Waals surface area contributed by atoms with Gasteiger partial charge in [-0.1, -0.05) is 45.0 Å². The lowest BCUT2D eigenvalue weighted by Gasteiger charge is -2.31. The maximum atomic E-state index is 6.43. The summed E-state index contributed by atoms with van der Waals surface area (Å²) in [6.07, 6.45) is 4.59. The van der Waals surface area contributed by atoms with E-state index in [0.717, 1.165) is 12.8 Å². The first-order valence-corrected chi connectivity index (χ1v) is 7.49. The minimum atomic E-state index is 0.168. The molecule has 0 spiro atoms. The summed E-state index contributed by atoms with van der Waals surface area (Å²) in [7, 11) is 0. The topological polar surface area (TPSA) is 52.0 Å². The third-order valence-corrected chi connectivity index (χ3v) is 4.49. The monoisotopic (exact) mass is 260 g/mol. The fourth-order valence-corrected chi connectivity index (χ4v) is 2.98. The van der Waals surface area contributed by atoms with Gasteiger partial charge in [-0.05, 0) is 48.1 Å². The number of nitrogens with two attached hydrogens (primary N) is 2. The molecule has 0 amide bonds. The molecule has 1 aromatic carbocycles. The van der Waals surface area contributed by atoms with Crippen molar-refractivity contribution in [3.63, 3.8) is 0 Å². The minimum Gasteiger partial charge on any atom is -0.328 e. The van der Waals surface area contributed by atoms with Crippen LogP contribution in [0, 0.1) is 5.92 Å². The van der Waals surface area contributed by atoms with E-state index in [1.165, 1.54) is 24.0 Å². The quantitative estimate of drug-likeness (QED) is 0.855. The van der Waals surface area contributed by atoms with Crippen molar-refractivity contribution in [3.05, 3.63) is 35.4 Å². The normalized spacial score (nSPS) is 26.2. The first-order valence-electron chi connectivity index (χ1n) is 7.49. The van der Waals surface area contributed by atoms with Crippen LogP contribution in [0.5, 0.6) is 0 Å². The van der Waals surface area contributed by atoms with Gasteiger partial charge in [0.15, 0.2) is 0 Å². The Kier molecular flexibility index (Phi) is 4.32. The van der Waals surface area contributed by atoms with E-state index in [2.05, 4.69) is 45.0 Å². The molecule has 1 unspecified atom stereocenters. The maximum absolute atomic E-state index is 6.43. The van der Waals surface area contributed by atoms with Crippen molar-refractivity contribution in [2.75, 3.05) is 0 Å². The van der Waals surface area contributed by atoms with Crippen molar-refractivity contribution in [2.45, 2.75) is 64.0 Å². The number of hydrogen-bond acceptors (Lipinski definition) is 2. The molecule has 1 atom stereocenters. The van der Waals surface area contributed by atoms with Gasteiger partial charge in [-0.2, -0.15) is 0 Å². The van der Waals surface area contributed by atoms with Gasteiger partial charge in [0.25, 0.3) is 0 Å². The Labute approximate surface area is 117 Å². The van der Waals surface area contributed by atoms with Gasteiger partial charge in [-0.25, -0.2) is 0 Å². The summed E-state index contributed by atoms with van der Waals surface area (Å²) < 4.78 is 0. The van der Waals surface area contributed by atoms with Crippen LogP contribution in [-0.4, -0.2) is 6.04 Å². The summed E-state index contributed by atoms with van der Waals surface area (Å²) >= 11 is 0. The van der Waals surface area contributed by atoms with E-state index in [1.807, 2.05) is 0 Å². The molecule has 4 N–H and O–H groups in total.